The number of nitrogens with zero attached hydrogens (tertiary/aromatic N) is 4. The average molecular weight is 506 g/mol. The molecule has 0 spiro atoms. The van der Waals surface area contributed by atoms with Crippen LogP contribution in [0.4, 0.5) is 17.3 Å². The SMILES string of the molecule is CCNC(=O)/C(C#N)=c1\s/c(=C/Nc2cccc(NC(=O)CN(C)c3ccccc3)n2)c(=O)n1CC. The van der Waals surface area contributed by atoms with E-state index >= 15 is 0 Å². The van der Waals surface area contributed by atoms with Crippen LogP contribution in [0.2, 0.25) is 0 Å². The predicted octanol–water partition coefficient (Wildman–Crippen LogP) is 1.06. The van der Waals surface area contributed by atoms with Crippen molar-refractivity contribution in [3.8, 4) is 6.07 Å². The highest BCUT2D eigenvalue weighted by Gasteiger charge is 2.14. The summed E-state index contributed by atoms with van der Waals surface area (Å²) in [5.41, 5.74) is 0.488. The van der Waals surface area contributed by atoms with E-state index in [1.165, 1.54) is 10.8 Å². The standard InChI is InChI=1S/C25H27N7O3S/c1-4-27-23(34)18(14-26)25-32(5-2)24(35)19(36-25)15-28-20-12-9-13-21(29-20)30-22(33)16-31(3)17-10-7-6-8-11-17/h6-13,15H,4-5,16H2,1-3H3,(H,27,34)(H2,28,29,30,33)/b19-15+,25-18-. The Balaban J connectivity index is 1.80. The van der Waals surface area contributed by atoms with Gasteiger partial charge in [-0.05, 0) is 38.1 Å². The van der Waals surface area contributed by atoms with Gasteiger partial charge in [-0.25, -0.2) is 4.98 Å². The molecule has 1 aromatic carbocycles. The molecule has 0 atom stereocenters. The third-order valence-electron chi connectivity index (χ3n) is 5.06. The molecular weight excluding hydrogens is 478 g/mol. The van der Waals surface area contributed by atoms with Gasteiger partial charge in [0.1, 0.15) is 26.9 Å². The Labute approximate surface area is 212 Å². The highest BCUT2D eigenvalue weighted by molar-refractivity contribution is 7.07. The Hall–Kier alpha value is -4.43. The molecule has 10 nitrogen and oxygen atoms in total. The van der Waals surface area contributed by atoms with Crippen LogP contribution in [-0.2, 0) is 16.1 Å². The lowest BCUT2D eigenvalue weighted by Crippen LogP contribution is -2.34. The molecule has 0 aliphatic heterocycles. The lowest BCUT2D eigenvalue weighted by atomic mass is 10.3. The topological polar surface area (TPSA) is 132 Å². The zero-order valence-corrected chi connectivity index (χ0v) is 21.1. The summed E-state index contributed by atoms with van der Waals surface area (Å²) in [6.45, 7) is 4.34. The average Bonchev–Trinajstić information content (AvgIpc) is 3.18. The maximum Gasteiger partial charge on any atom is 0.270 e. The van der Waals surface area contributed by atoms with Crippen molar-refractivity contribution in [3.63, 3.8) is 0 Å². The quantitative estimate of drug-likeness (QED) is 0.396. The Morgan fingerprint density at radius 3 is 2.53 bits per heavy atom. The van der Waals surface area contributed by atoms with Gasteiger partial charge < -0.3 is 20.9 Å². The van der Waals surface area contributed by atoms with E-state index in [4.69, 9.17) is 0 Å². The fraction of sp³-hybridized carbons (Fsp3) is 0.240. The molecule has 0 aliphatic carbocycles. The van der Waals surface area contributed by atoms with Gasteiger partial charge in [-0.2, -0.15) is 5.26 Å². The van der Waals surface area contributed by atoms with Crippen LogP contribution in [0.5, 0.6) is 0 Å². The first kappa shape index (κ1) is 26.2. The van der Waals surface area contributed by atoms with Gasteiger partial charge in [0.15, 0.2) is 5.57 Å². The number of pyridine rings is 1. The van der Waals surface area contributed by atoms with Crippen molar-refractivity contribution in [2.45, 2.75) is 20.4 Å². The zero-order chi connectivity index (χ0) is 26.1. The molecule has 0 saturated carbocycles. The van der Waals surface area contributed by atoms with Gasteiger partial charge in [-0.3, -0.25) is 19.0 Å². The summed E-state index contributed by atoms with van der Waals surface area (Å²) < 4.78 is 1.99. The molecule has 0 radical (unpaired) electrons. The van der Waals surface area contributed by atoms with Gasteiger partial charge in [-0.1, -0.05) is 24.3 Å². The number of benzene rings is 1. The minimum Gasteiger partial charge on any atom is -0.365 e. The molecule has 11 heteroatoms. The van der Waals surface area contributed by atoms with Crippen molar-refractivity contribution >= 4 is 52.2 Å². The first-order valence-electron chi connectivity index (χ1n) is 11.3. The smallest absolute Gasteiger partial charge is 0.270 e. The summed E-state index contributed by atoms with van der Waals surface area (Å²) in [6, 6.07) is 16.5. The second-order valence-electron chi connectivity index (χ2n) is 7.60. The molecule has 0 bridgehead atoms. The second kappa shape index (κ2) is 12.3. The first-order chi connectivity index (χ1) is 17.4. The fourth-order valence-corrected chi connectivity index (χ4v) is 4.42. The number of para-hydroxylation sites is 1. The molecule has 2 heterocycles. The third kappa shape index (κ3) is 6.37. The van der Waals surface area contributed by atoms with Crippen molar-refractivity contribution in [3.05, 3.63) is 68.1 Å². The van der Waals surface area contributed by atoms with Crippen LogP contribution in [0.3, 0.4) is 0 Å². The molecular formula is C25H27N7O3S. The Morgan fingerprint density at radius 1 is 1.14 bits per heavy atom. The van der Waals surface area contributed by atoms with E-state index in [-0.39, 0.29) is 23.6 Å². The van der Waals surface area contributed by atoms with Gasteiger partial charge in [0.25, 0.3) is 11.5 Å². The number of carbonyl (C=O) groups is 2. The van der Waals surface area contributed by atoms with Crippen molar-refractivity contribution < 1.29 is 9.59 Å². The molecule has 0 saturated heterocycles. The summed E-state index contributed by atoms with van der Waals surface area (Å²) >= 11 is 1.05. The molecule has 3 N–H and O–H groups in total. The molecule has 0 fully saturated rings. The maximum absolute atomic E-state index is 12.8. The van der Waals surface area contributed by atoms with Crippen molar-refractivity contribution in [1.29, 1.82) is 5.26 Å². The largest absolute Gasteiger partial charge is 0.365 e. The number of aromatic nitrogens is 2. The normalized spacial score (nSPS) is 11.9. The molecule has 36 heavy (non-hydrogen) atoms. The van der Waals surface area contributed by atoms with E-state index in [1.807, 2.05) is 48.3 Å². The van der Waals surface area contributed by atoms with Crippen molar-refractivity contribution in [1.82, 2.24) is 14.9 Å². The number of hydrogen-bond acceptors (Lipinski definition) is 8. The molecule has 0 unspecified atom stereocenters. The Bertz CT molecular complexity index is 1460. The van der Waals surface area contributed by atoms with Crippen LogP contribution in [0.1, 0.15) is 13.8 Å². The Kier molecular flexibility index (Phi) is 8.96. The predicted molar refractivity (Wildman–Crippen MR) is 142 cm³/mol. The number of carbonyl (C=O) groups excluding carboxylic acids is 2. The second-order valence-corrected chi connectivity index (χ2v) is 8.63. The van der Waals surface area contributed by atoms with E-state index in [2.05, 4.69) is 20.9 Å². The van der Waals surface area contributed by atoms with Gasteiger partial charge in [0, 0.05) is 32.0 Å². The highest BCUT2D eigenvalue weighted by Crippen LogP contribution is 2.12. The summed E-state index contributed by atoms with van der Waals surface area (Å²) in [7, 11) is 1.83. The number of nitrogens with one attached hydrogen (secondary N) is 3. The van der Waals surface area contributed by atoms with Gasteiger partial charge in [0.2, 0.25) is 5.91 Å². The molecule has 3 aromatic rings. The van der Waals surface area contributed by atoms with Crippen LogP contribution in [0.15, 0.2) is 53.3 Å². The fourth-order valence-electron chi connectivity index (χ4n) is 3.33. The number of amides is 2. The highest BCUT2D eigenvalue weighted by atomic mass is 32.1. The number of nitriles is 1. The summed E-state index contributed by atoms with van der Waals surface area (Å²) in [5.74, 6) is 0.0171. The van der Waals surface area contributed by atoms with Crippen LogP contribution in [0.25, 0.3) is 11.8 Å². The van der Waals surface area contributed by atoms with E-state index in [1.54, 1.807) is 32.0 Å². The number of rotatable bonds is 9. The summed E-state index contributed by atoms with van der Waals surface area (Å²) in [4.78, 5) is 43.8. The van der Waals surface area contributed by atoms with Gasteiger partial charge in [-0.15, -0.1) is 11.3 Å². The van der Waals surface area contributed by atoms with Crippen LogP contribution >= 0.6 is 11.3 Å². The lowest BCUT2D eigenvalue weighted by molar-refractivity contribution is -0.116. The third-order valence-corrected chi connectivity index (χ3v) is 6.19. The minimum atomic E-state index is -0.522. The van der Waals surface area contributed by atoms with Crippen molar-refractivity contribution in [2.75, 3.05) is 35.7 Å². The minimum absolute atomic E-state index is 0.108. The maximum atomic E-state index is 12.8. The van der Waals surface area contributed by atoms with Crippen LogP contribution < -0.4 is 35.6 Å². The van der Waals surface area contributed by atoms with Gasteiger partial charge in [0.05, 0.1) is 6.54 Å². The van der Waals surface area contributed by atoms with E-state index in [0.29, 0.717) is 33.9 Å². The van der Waals surface area contributed by atoms with Crippen LogP contribution in [0, 0.1) is 11.3 Å². The van der Waals surface area contributed by atoms with E-state index in [9.17, 15) is 19.6 Å². The monoisotopic (exact) mass is 505 g/mol. The number of thiazole rings is 1. The van der Waals surface area contributed by atoms with E-state index in [0.717, 1.165) is 17.0 Å². The summed E-state index contributed by atoms with van der Waals surface area (Å²) in [6.07, 6.45) is 1.48. The molecule has 0 aliphatic rings. The first-order valence-corrected chi connectivity index (χ1v) is 12.1. The molecule has 2 amide bonds. The number of likely N-dealkylation sites (N-methyl/N-ethyl adjacent to an activating group) is 1. The zero-order valence-electron chi connectivity index (χ0n) is 20.2. The molecule has 186 valence electrons. The van der Waals surface area contributed by atoms with Crippen LogP contribution in [-0.4, -0.2) is 41.5 Å². The van der Waals surface area contributed by atoms with Gasteiger partial charge >= 0.3 is 0 Å². The Morgan fingerprint density at radius 2 is 1.86 bits per heavy atom. The lowest BCUT2D eigenvalue weighted by Gasteiger charge is -2.18. The molecule has 2 aromatic heterocycles. The van der Waals surface area contributed by atoms with E-state index < -0.39 is 5.91 Å². The number of hydrogen-bond donors (Lipinski definition) is 3. The summed E-state index contributed by atoms with van der Waals surface area (Å²) in [5, 5.41) is 17.8. The number of anilines is 3. The molecule has 3 rings (SSSR count). The van der Waals surface area contributed by atoms with Crippen molar-refractivity contribution in [2.24, 2.45) is 0 Å².